The molecule has 0 aliphatic carbocycles. The topological polar surface area (TPSA) is 131 Å². The Hall–Kier alpha value is -3.93. The van der Waals surface area contributed by atoms with Crippen molar-refractivity contribution in [2.45, 2.75) is 70.9 Å². The average Bonchev–Trinajstić information content (AvgIpc) is 3.47. The lowest BCUT2D eigenvalue weighted by atomic mass is 9.89. The maximum absolute atomic E-state index is 13.0. The molecule has 47 heavy (non-hydrogen) atoms. The highest BCUT2D eigenvalue weighted by molar-refractivity contribution is 5.89. The molecular formula is C36H49N3O8. The molecule has 11 heteroatoms. The molecule has 2 aliphatic heterocycles. The maximum Gasteiger partial charge on any atom is 0.418 e. The van der Waals surface area contributed by atoms with Crippen molar-refractivity contribution in [3.05, 3.63) is 72.5 Å². The molecule has 1 aromatic carbocycles. The van der Waals surface area contributed by atoms with Crippen LogP contribution in [0.4, 0.5) is 9.59 Å². The standard InChI is InChI=1S/C36H49N3O8/c1-25(24-45-35(43)39-18-16-28-11-6-7-12-30(28)39)9-8-10-26(2)33-27(3)13-14-31(46-34(42)38-21-19-37(5)20-22-38)36(4,44)17-15-29(40)23-32(41)47-33/h6-14,16,18,25,27,29,31,33,40,44H,15,17,19-24H2,1-5H3/b9-8+,14-13+,26-10+/t25?,27-,29-,31-,33+,36-/m0/s1. The number of hydrogen-bond donors (Lipinski definition) is 2. The minimum Gasteiger partial charge on any atom is -0.457 e. The summed E-state index contributed by atoms with van der Waals surface area (Å²) in [6.07, 6.45) is 7.09. The maximum atomic E-state index is 13.0. The first-order valence-corrected chi connectivity index (χ1v) is 16.3. The highest BCUT2D eigenvalue weighted by atomic mass is 16.6. The lowest BCUT2D eigenvalue weighted by Gasteiger charge is -2.36. The van der Waals surface area contributed by atoms with Crippen LogP contribution < -0.4 is 0 Å². The fraction of sp³-hybridized carbons (Fsp3) is 0.528. The number of aromatic nitrogens is 1. The Bertz CT molecular complexity index is 1470. The monoisotopic (exact) mass is 651 g/mol. The number of rotatable bonds is 6. The lowest BCUT2D eigenvalue weighted by Crippen LogP contribution is -2.50. The number of hydrogen-bond acceptors (Lipinski definition) is 9. The molecule has 3 heterocycles. The van der Waals surface area contributed by atoms with Crippen LogP contribution in [0.2, 0.25) is 0 Å². The third-order valence-corrected chi connectivity index (χ3v) is 8.83. The second kappa shape index (κ2) is 16.3. The van der Waals surface area contributed by atoms with Gasteiger partial charge in [0.05, 0.1) is 24.6 Å². The Morgan fingerprint density at radius 2 is 1.85 bits per heavy atom. The van der Waals surface area contributed by atoms with E-state index in [1.54, 1.807) is 30.2 Å². The number of aliphatic hydroxyl groups excluding tert-OH is 1. The number of allylic oxidation sites excluding steroid dienone is 2. The zero-order valence-corrected chi connectivity index (χ0v) is 28.1. The van der Waals surface area contributed by atoms with Crippen LogP contribution >= 0.6 is 0 Å². The molecule has 2 aromatic rings. The second-order valence-electron chi connectivity index (χ2n) is 13.1. The quantitative estimate of drug-likeness (QED) is 0.194. The molecule has 1 unspecified atom stereocenters. The summed E-state index contributed by atoms with van der Waals surface area (Å²) in [5, 5.41) is 22.9. The molecule has 6 atom stereocenters. The van der Waals surface area contributed by atoms with Gasteiger partial charge in [-0.1, -0.05) is 56.4 Å². The van der Waals surface area contributed by atoms with Gasteiger partial charge in [0.2, 0.25) is 0 Å². The predicted octanol–water partition coefficient (Wildman–Crippen LogP) is 4.92. The number of esters is 1. The fourth-order valence-corrected chi connectivity index (χ4v) is 5.68. The average molecular weight is 652 g/mol. The van der Waals surface area contributed by atoms with Crippen molar-refractivity contribution in [3.63, 3.8) is 0 Å². The number of para-hydroxylation sites is 1. The summed E-state index contributed by atoms with van der Waals surface area (Å²) in [6.45, 7) is 9.93. The third-order valence-electron chi connectivity index (χ3n) is 8.83. The van der Waals surface area contributed by atoms with Crippen molar-refractivity contribution >= 4 is 29.1 Å². The van der Waals surface area contributed by atoms with Gasteiger partial charge in [-0.05, 0) is 57.5 Å². The summed E-state index contributed by atoms with van der Waals surface area (Å²) >= 11 is 0. The number of nitrogens with zero attached hydrogens (tertiary/aromatic N) is 3. The van der Waals surface area contributed by atoms with Crippen molar-refractivity contribution in [3.8, 4) is 0 Å². The Morgan fingerprint density at radius 1 is 1.13 bits per heavy atom. The normalized spacial score (nSPS) is 28.3. The van der Waals surface area contributed by atoms with E-state index in [9.17, 15) is 24.6 Å². The van der Waals surface area contributed by atoms with E-state index in [1.165, 1.54) is 4.57 Å². The van der Waals surface area contributed by atoms with Crippen molar-refractivity contribution in [1.29, 1.82) is 0 Å². The first-order valence-electron chi connectivity index (χ1n) is 16.3. The Kier molecular flexibility index (Phi) is 12.4. The molecule has 0 bridgehead atoms. The molecule has 4 rings (SSSR count). The van der Waals surface area contributed by atoms with Crippen molar-refractivity contribution < 1.29 is 38.8 Å². The van der Waals surface area contributed by atoms with Gasteiger partial charge in [-0.15, -0.1) is 0 Å². The van der Waals surface area contributed by atoms with Gasteiger partial charge in [0.25, 0.3) is 0 Å². The van der Waals surface area contributed by atoms with E-state index in [1.807, 2.05) is 76.4 Å². The Labute approximate surface area is 277 Å². The van der Waals surface area contributed by atoms with Crippen molar-refractivity contribution in [2.75, 3.05) is 39.8 Å². The van der Waals surface area contributed by atoms with Crippen LogP contribution in [-0.4, -0.2) is 106 Å². The fourth-order valence-electron chi connectivity index (χ4n) is 5.68. The number of ether oxygens (including phenoxy) is 3. The molecule has 1 amide bonds. The van der Waals surface area contributed by atoms with E-state index in [4.69, 9.17) is 14.2 Å². The zero-order valence-electron chi connectivity index (χ0n) is 28.1. The summed E-state index contributed by atoms with van der Waals surface area (Å²) in [7, 11) is 2.00. The van der Waals surface area contributed by atoms with Gasteiger partial charge in [0, 0.05) is 49.6 Å². The summed E-state index contributed by atoms with van der Waals surface area (Å²) in [4.78, 5) is 42.3. The largest absolute Gasteiger partial charge is 0.457 e. The number of likely N-dealkylation sites (N-methyl/N-ethyl adjacent to an activating group) is 1. The van der Waals surface area contributed by atoms with Gasteiger partial charge in [0.15, 0.2) is 6.10 Å². The smallest absolute Gasteiger partial charge is 0.418 e. The van der Waals surface area contributed by atoms with E-state index >= 15 is 0 Å². The number of carbonyl (C=O) groups is 3. The summed E-state index contributed by atoms with van der Waals surface area (Å²) in [5.74, 6) is -0.986. The van der Waals surface area contributed by atoms with E-state index in [0.717, 1.165) is 29.6 Å². The molecule has 2 N–H and O–H groups in total. The molecule has 1 fully saturated rings. The van der Waals surface area contributed by atoms with Crippen LogP contribution in [0.3, 0.4) is 0 Å². The summed E-state index contributed by atoms with van der Waals surface area (Å²) < 4.78 is 18.7. The second-order valence-corrected chi connectivity index (χ2v) is 13.1. The molecule has 1 saturated heterocycles. The highest BCUT2D eigenvalue weighted by Gasteiger charge is 2.36. The zero-order chi connectivity index (χ0) is 34.1. The molecular weight excluding hydrogens is 602 g/mol. The van der Waals surface area contributed by atoms with E-state index in [0.29, 0.717) is 13.1 Å². The molecule has 2 aliphatic rings. The molecule has 1 aromatic heterocycles. The van der Waals surface area contributed by atoms with Crippen molar-refractivity contribution in [1.82, 2.24) is 14.4 Å². The SMILES string of the molecule is C/C(=C\C=C\C(C)COC(=O)n1ccc2ccccc21)[C@H]1OC(=O)C[C@@H](O)CC[C@](C)(O)[C@@H](OC(=O)N2CCN(C)CC2)/C=C/[C@@H]1C. The van der Waals surface area contributed by atoms with Gasteiger partial charge in [-0.25, -0.2) is 9.59 Å². The number of cyclic esters (lactones) is 1. The molecule has 256 valence electrons. The van der Waals surface area contributed by atoms with Crippen LogP contribution in [0.25, 0.3) is 10.9 Å². The first-order chi connectivity index (χ1) is 22.3. The number of aliphatic hydroxyl groups is 2. The number of benzene rings is 1. The minimum atomic E-state index is -1.47. The summed E-state index contributed by atoms with van der Waals surface area (Å²) in [5.41, 5.74) is 0.0587. The van der Waals surface area contributed by atoms with Gasteiger partial charge >= 0.3 is 18.2 Å². The van der Waals surface area contributed by atoms with Crippen LogP contribution in [-0.2, 0) is 19.0 Å². The first kappa shape index (κ1) is 35.9. The lowest BCUT2D eigenvalue weighted by molar-refractivity contribution is -0.151. The number of fused-ring (bicyclic) bond motifs is 1. The molecule has 0 radical (unpaired) electrons. The molecule has 11 nitrogen and oxygen atoms in total. The Morgan fingerprint density at radius 3 is 2.60 bits per heavy atom. The van der Waals surface area contributed by atoms with Crippen molar-refractivity contribution in [2.24, 2.45) is 11.8 Å². The predicted molar refractivity (Wildman–Crippen MR) is 179 cm³/mol. The third kappa shape index (κ3) is 10.0. The highest BCUT2D eigenvalue weighted by Crippen LogP contribution is 2.27. The van der Waals surface area contributed by atoms with Gasteiger partial charge < -0.3 is 34.2 Å². The van der Waals surface area contributed by atoms with E-state index in [-0.39, 0.29) is 37.7 Å². The van der Waals surface area contributed by atoms with Crippen LogP contribution in [0.15, 0.2) is 72.5 Å². The number of piperazine rings is 1. The molecule has 0 spiro atoms. The van der Waals surface area contributed by atoms with E-state index < -0.39 is 42.1 Å². The van der Waals surface area contributed by atoms with Gasteiger partial charge in [-0.3, -0.25) is 9.36 Å². The molecule has 0 saturated carbocycles. The van der Waals surface area contributed by atoms with Crippen LogP contribution in [0.5, 0.6) is 0 Å². The number of amides is 1. The van der Waals surface area contributed by atoms with Gasteiger partial charge in [0.1, 0.15) is 11.7 Å². The summed E-state index contributed by atoms with van der Waals surface area (Å²) in [6, 6.07) is 9.45. The number of carbonyl (C=O) groups excluding carboxylic acids is 3. The Balaban J connectivity index is 1.43. The van der Waals surface area contributed by atoms with Crippen LogP contribution in [0, 0.1) is 11.8 Å². The van der Waals surface area contributed by atoms with Gasteiger partial charge in [-0.2, -0.15) is 0 Å². The van der Waals surface area contributed by atoms with E-state index in [2.05, 4.69) is 4.90 Å². The van der Waals surface area contributed by atoms with Crippen LogP contribution in [0.1, 0.15) is 47.0 Å². The minimum absolute atomic E-state index is 0.0888.